The normalized spacial score (nSPS) is 15.2. The first-order valence-electron chi connectivity index (χ1n) is 3.25. The largest absolute Gasteiger partial charge is 0.477 e. The van der Waals surface area contributed by atoms with Gasteiger partial charge < -0.3 is 10.2 Å². The molecule has 1 unspecified atom stereocenters. The van der Waals surface area contributed by atoms with E-state index in [4.69, 9.17) is 10.2 Å². The van der Waals surface area contributed by atoms with Gasteiger partial charge in [-0.1, -0.05) is 30.3 Å². The maximum Gasteiger partial charge on any atom is 0.374 e. The Kier molecular flexibility index (Phi) is 2.10. The number of benzene rings is 1. The fraction of sp³-hybridized carbons (Fsp3) is 0.125. The van der Waals surface area contributed by atoms with Crippen molar-refractivity contribution >= 4 is 5.97 Å². The van der Waals surface area contributed by atoms with Gasteiger partial charge in [-0.05, 0) is 0 Å². The van der Waals surface area contributed by atoms with Crippen LogP contribution in [0.5, 0.6) is 0 Å². The fourth-order valence-electron chi connectivity index (χ4n) is 0.782. The summed E-state index contributed by atoms with van der Waals surface area (Å²) in [6.45, 7) is 0. The lowest BCUT2D eigenvalue weighted by molar-refractivity contribution is -0.182. The second-order valence-corrected chi connectivity index (χ2v) is 2.29. The first-order valence-corrected chi connectivity index (χ1v) is 3.25. The number of carboxylic acids is 1. The summed E-state index contributed by atoms with van der Waals surface area (Å²) >= 11 is 0. The molecule has 0 radical (unpaired) electrons. The lowest BCUT2D eigenvalue weighted by Crippen LogP contribution is -2.29. The van der Waals surface area contributed by atoms with Gasteiger partial charge in [-0.25, -0.2) is 4.79 Å². The third kappa shape index (κ3) is 1.43. The van der Waals surface area contributed by atoms with Crippen molar-refractivity contribution in [2.45, 2.75) is 5.85 Å². The number of carboxylic acid groups (broad SMARTS) is 1. The van der Waals surface area contributed by atoms with E-state index in [2.05, 4.69) is 0 Å². The Bertz CT molecular complexity index is 282. The van der Waals surface area contributed by atoms with Gasteiger partial charge in [0, 0.05) is 5.56 Å². The summed E-state index contributed by atoms with van der Waals surface area (Å²) in [5, 5.41) is 17.1. The third-order valence-electron chi connectivity index (χ3n) is 1.44. The molecule has 0 spiro atoms. The number of hydrogen-bond donors (Lipinski definition) is 2. The molecular formula is C8H7FO3. The Morgan fingerprint density at radius 3 is 2.25 bits per heavy atom. The predicted octanol–water partition coefficient (Wildman–Crippen LogP) is 0.886. The summed E-state index contributed by atoms with van der Waals surface area (Å²) in [6, 6.07) is 6.90. The van der Waals surface area contributed by atoms with Crippen LogP contribution in [0.1, 0.15) is 5.56 Å². The average molecular weight is 170 g/mol. The van der Waals surface area contributed by atoms with Crippen LogP contribution >= 0.6 is 0 Å². The van der Waals surface area contributed by atoms with Crippen molar-refractivity contribution in [1.82, 2.24) is 0 Å². The van der Waals surface area contributed by atoms with Crippen LogP contribution in [-0.4, -0.2) is 16.2 Å². The van der Waals surface area contributed by atoms with Crippen LogP contribution in [0.3, 0.4) is 0 Å². The van der Waals surface area contributed by atoms with Gasteiger partial charge in [0.05, 0.1) is 0 Å². The lowest BCUT2D eigenvalue weighted by atomic mass is 10.1. The zero-order valence-corrected chi connectivity index (χ0v) is 6.07. The van der Waals surface area contributed by atoms with Crippen molar-refractivity contribution < 1.29 is 19.4 Å². The molecular weight excluding hydrogens is 163 g/mol. The van der Waals surface area contributed by atoms with E-state index in [1.54, 1.807) is 6.07 Å². The van der Waals surface area contributed by atoms with E-state index in [9.17, 15) is 9.18 Å². The quantitative estimate of drug-likeness (QED) is 0.692. The maximum atomic E-state index is 12.9. The molecule has 12 heavy (non-hydrogen) atoms. The van der Waals surface area contributed by atoms with Gasteiger partial charge in [-0.2, -0.15) is 4.39 Å². The molecule has 0 amide bonds. The Labute approximate surface area is 68.1 Å². The van der Waals surface area contributed by atoms with Crippen molar-refractivity contribution in [3.8, 4) is 0 Å². The highest BCUT2D eigenvalue weighted by Gasteiger charge is 2.37. The van der Waals surface area contributed by atoms with Crippen LogP contribution in [0.4, 0.5) is 4.39 Å². The van der Waals surface area contributed by atoms with E-state index in [1.165, 1.54) is 24.3 Å². The summed E-state index contributed by atoms with van der Waals surface area (Å²) in [5.74, 6) is -5.20. The van der Waals surface area contributed by atoms with E-state index in [-0.39, 0.29) is 5.56 Å². The van der Waals surface area contributed by atoms with Crippen LogP contribution in [0.2, 0.25) is 0 Å². The summed E-state index contributed by atoms with van der Waals surface area (Å²) < 4.78 is 12.9. The molecule has 1 aromatic rings. The minimum atomic E-state index is -3.29. The van der Waals surface area contributed by atoms with E-state index in [0.29, 0.717) is 0 Å². The van der Waals surface area contributed by atoms with Crippen LogP contribution in [0, 0.1) is 0 Å². The highest BCUT2D eigenvalue weighted by atomic mass is 19.2. The van der Waals surface area contributed by atoms with Crippen molar-refractivity contribution in [1.29, 1.82) is 0 Å². The van der Waals surface area contributed by atoms with E-state index in [1.807, 2.05) is 0 Å². The smallest absolute Gasteiger partial charge is 0.374 e. The van der Waals surface area contributed by atoms with Gasteiger partial charge >= 0.3 is 11.8 Å². The Balaban J connectivity index is 3.06. The van der Waals surface area contributed by atoms with Gasteiger partial charge in [-0.15, -0.1) is 0 Å². The SMILES string of the molecule is O=C(O)C(O)(F)c1ccccc1. The molecule has 1 aromatic carbocycles. The molecule has 2 N–H and O–H groups in total. The first-order chi connectivity index (χ1) is 5.55. The molecule has 64 valence electrons. The van der Waals surface area contributed by atoms with Gasteiger partial charge in [0.25, 0.3) is 0 Å². The molecule has 0 aliphatic rings. The van der Waals surface area contributed by atoms with E-state index < -0.39 is 11.8 Å². The molecule has 0 heterocycles. The molecule has 0 aliphatic heterocycles. The van der Waals surface area contributed by atoms with E-state index >= 15 is 0 Å². The molecule has 0 aliphatic carbocycles. The molecule has 0 aromatic heterocycles. The van der Waals surface area contributed by atoms with Gasteiger partial charge in [0.2, 0.25) is 0 Å². The Morgan fingerprint density at radius 2 is 1.83 bits per heavy atom. The number of alkyl halides is 1. The van der Waals surface area contributed by atoms with Crippen LogP contribution in [0.15, 0.2) is 30.3 Å². The molecule has 4 heteroatoms. The van der Waals surface area contributed by atoms with Crippen molar-refractivity contribution in [3.63, 3.8) is 0 Å². The van der Waals surface area contributed by atoms with Gasteiger partial charge in [-0.3, -0.25) is 0 Å². The Morgan fingerprint density at radius 1 is 1.33 bits per heavy atom. The summed E-state index contributed by atoms with van der Waals surface area (Å²) in [4.78, 5) is 10.2. The topological polar surface area (TPSA) is 57.5 Å². The number of rotatable bonds is 2. The molecule has 3 nitrogen and oxygen atoms in total. The second-order valence-electron chi connectivity index (χ2n) is 2.29. The molecule has 1 atom stereocenters. The number of aliphatic carboxylic acids is 1. The molecule has 0 saturated heterocycles. The summed E-state index contributed by atoms with van der Waals surface area (Å²) in [6.07, 6.45) is 0. The predicted molar refractivity (Wildman–Crippen MR) is 39.1 cm³/mol. The maximum absolute atomic E-state index is 12.9. The van der Waals surface area contributed by atoms with Crippen molar-refractivity contribution in [3.05, 3.63) is 35.9 Å². The molecule has 0 saturated carbocycles. The molecule has 1 rings (SSSR count). The summed E-state index contributed by atoms with van der Waals surface area (Å²) in [5.41, 5.74) is -0.280. The highest BCUT2D eigenvalue weighted by molar-refractivity contribution is 5.76. The van der Waals surface area contributed by atoms with Gasteiger partial charge in [0.15, 0.2) is 0 Å². The molecule has 0 bridgehead atoms. The third-order valence-corrected chi connectivity index (χ3v) is 1.44. The standard InChI is InChI=1S/C8H7FO3/c9-8(12,7(10)11)6-4-2-1-3-5-6/h1-5,12H,(H,10,11). The Hall–Kier alpha value is -1.42. The number of hydrogen-bond acceptors (Lipinski definition) is 2. The van der Waals surface area contributed by atoms with Crippen molar-refractivity contribution in [2.24, 2.45) is 0 Å². The number of carbonyl (C=O) groups is 1. The first kappa shape index (κ1) is 8.67. The van der Waals surface area contributed by atoms with E-state index in [0.717, 1.165) is 0 Å². The minimum Gasteiger partial charge on any atom is -0.477 e. The summed E-state index contributed by atoms with van der Waals surface area (Å²) in [7, 11) is 0. The van der Waals surface area contributed by atoms with Gasteiger partial charge in [0.1, 0.15) is 0 Å². The highest BCUT2D eigenvalue weighted by Crippen LogP contribution is 2.22. The van der Waals surface area contributed by atoms with Crippen LogP contribution in [0.25, 0.3) is 0 Å². The fourth-order valence-corrected chi connectivity index (χ4v) is 0.782. The number of aliphatic hydroxyl groups is 1. The average Bonchev–Trinajstić information content (AvgIpc) is 2.06. The zero-order valence-electron chi connectivity index (χ0n) is 6.07. The molecule has 0 fully saturated rings. The number of halogens is 1. The minimum absolute atomic E-state index is 0.280. The second kappa shape index (κ2) is 2.91. The van der Waals surface area contributed by atoms with Crippen LogP contribution in [-0.2, 0) is 10.6 Å². The van der Waals surface area contributed by atoms with Crippen molar-refractivity contribution in [2.75, 3.05) is 0 Å². The van der Waals surface area contributed by atoms with Crippen LogP contribution < -0.4 is 0 Å². The zero-order chi connectivity index (χ0) is 9.19. The monoisotopic (exact) mass is 170 g/mol. The lowest BCUT2D eigenvalue weighted by Gasteiger charge is -2.12.